The van der Waals surface area contributed by atoms with Crippen LogP contribution in [-0.2, 0) is 54.2 Å². The van der Waals surface area contributed by atoms with Crippen LogP contribution in [0.15, 0.2) is 60.3 Å². The van der Waals surface area contributed by atoms with Crippen molar-refractivity contribution in [3.05, 3.63) is 60.3 Å². The molecule has 3 aliphatic heterocycles. The van der Waals surface area contributed by atoms with Gasteiger partial charge in [-0.25, -0.2) is 4.79 Å². The van der Waals surface area contributed by atoms with Gasteiger partial charge in [-0.3, -0.25) is 19.2 Å². The number of cyclic esters (lactones) is 1. The number of aliphatic hydroxyl groups excluding tert-OH is 2. The summed E-state index contributed by atoms with van der Waals surface area (Å²) in [5, 5.41) is 41.9. The quantitative estimate of drug-likeness (QED) is 0.102. The van der Waals surface area contributed by atoms with E-state index in [4.69, 9.17) is 23.7 Å². The predicted octanol–water partition coefficient (Wildman–Crippen LogP) is 6.23. The number of aromatic nitrogens is 3. The Bertz CT molecular complexity index is 2070. The molecule has 72 heavy (non-hydrogen) atoms. The minimum atomic E-state index is -2.47. The topological polar surface area (TPSA) is 226 Å². The molecule has 0 unspecified atom stereocenters. The molecule has 402 valence electrons. The summed E-state index contributed by atoms with van der Waals surface area (Å²) in [7, 11) is 2.94. The van der Waals surface area contributed by atoms with Crippen LogP contribution in [0.3, 0.4) is 0 Å². The van der Waals surface area contributed by atoms with Gasteiger partial charge in [0.2, 0.25) is 5.79 Å². The molecule has 1 aliphatic carbocycles. The van der Waals surface area contributed by atoms with Crippen LogP contribution in [0.4, 0.5) is 0 Å². The first kappa shape index (κ1) is 58.7. The number of aliphatic hydroxyl groups is 3. The lowest BCUT2D eigenvalue weighted by Gasteiger charge is -2.43. The molecular formula is C55H84N4O13. The second kappa shape index (κ2) is 27.9. The number of hydrogen-bond donors (Lipinski definition) is 3. The average Bonchev–Trinajstić information content (AvgIpc) is 3.89. The van der Waals surface area contributed by atoms with Gasteiger partial charge in [0.05, 0.1) is 24.4 Å². The van der Waals surface area contributed by atoms with Gasteiger partial charge in [-0.2, -0.15) is 0 Å². The van der Waals surface area contributed by atoms with Crippen molar-refractivity contribution in [1.82, 2.24) is 19.7 Å². The van der Waals surface area contributed by atoms with Crippen LogP contribution in [0.2, 0.25) is 0 Å². The zero-order valence-corrected chi connectivity index (χ0v) is 44.2. The summed E-state index contributed by atoms with van der Waals surface area (Å²) in [6.07, 6.45) is 14.8. The largest absolute Gasteiger partial charge is 0.460 e. The Balaban J connectivity index is 1.47. The summed E-state index contributed by atoms with van der Waals surface area (Å²) in [6, 6.07) is -1.16. The van der Waals surface area contributed by atoms with E-state index in [1.54, 1.807) is 46.6 Å². The number of methoxy groups -OCH3 is 2. The van der Waals surface area contributed by atoms with Crippen molar-refractivity contribution in [2.45, 2.75) is 193 Å². The van der Waals surface area contributed by atoms with Crippen molar-refractivity contribution in [2.75, 3.05) is 27.4 Å². The SMILES string of the molecule is CO[C@@H]1C[C@H](C[C@@H](C)[C@@H]2CC(=O)[C@H](C)/C=C(\C)[C@@H](O)[C@@H](OC)C(=O)[C@H](C)C[C@H](C)/C=C/C=C/C=C(\C)[C@@H](OCCCn3cnnc3)C[C@@H]3CC[C@@H](C)[C@@](O)(O3)C(=O)C(=O)N3CCCC[C@H]3C(=O)O2)CC[C@H]1O. The number of rotatable bonds is 10. The third-order valence-electron chi connectivity index (χ3n) is 15.5. The molecule has 17 heteroatoms. The number of esters is 1. The fraction of sp³-hybridized carbons (Fsp3) is 0.727. The number of fused-ring (bicyclic) bond motifs is 3. The molecule has 2 saturated heterocycles. The number of allylic oxidation sites excluding steroid dienone is 6. The molecule has 3 fully saturated rings. The van der Waals surface area contributed by atoms with E-state index < -0.39 is 83.9 Å². The molecule has 1 aromatic rings. The Hall–Kier alpha value is -4.23. The van der Waals surface area contributed by atoms with Gasteiger partial charge in [0.25, 0.3) is 11.7 Å². The minimum Gasteiger partial charge on any atom is -0.460 e. The highest BCUT2D eigenvalue weighted by Gasteiger charge is 2.53. The molecule has 1 saturated carbocycles. The van der Waals surface area contributed by atoms with Crippen LogP contribution in [0.5, 0.6) is 0 Å². The predicted molar refractivity (Wildman–Crippen MR) is 269 cm³/mol. The first-order valence-electron chi connectivity index (χ1n) is 26.4. The van der Waals surface area contributed by atoms with Crippen molar-refractivity contribution in [3.8, 4) is 0 Å². The molecule has 4 heterocycles. The highest BCUT2D eigenvalue weighted by atomic mass is 16.6. The van der Waals surface area contributed by atoms with E-state index in [-0.39, 0.29) is 61.2 Å². The molecule has 2 bridgehead atoms. The Morgan fingerprint density at radius 2 is 1.61 bits per heavy atom. The molecule has 0 aromatic carbocycles. The van der Waals surface area contributed by atoms with Crippen molar-refractivity contribution in [3.63, 3.8) is 0 Å². The maximum absolute atomic E-state index is 14.5. The Morgan fingerprint density at radius 1 is 0.875 bits per heavy atom. The third-order valence-corrected chi connectivity index (χ3v) is 15.5. The number of hydrogen-bond acceptors (Lipinski definition) is 15. The number of carbonyl (C=O) groups is 5. The average molecular weight is 1010 g/mol. The van der Waals surface area contributed by atoms with E-state index in [0.29, 0.717) is 82.9 Å². The van der Waals surface area contributed by atoms with Gasteiger partial charge in [-0.1, -0.05) is 71.1 Å². The molecule has 15 atom stereocenters. The lowest BCUT2D eigenvalue weighted by Crippen LogP contribution is -2.61. The van der Waals surface area contributed by atoms with Crippen LogP contribution in [0.25, 0.3) is 0 Å². The van der Waals surface area contributed by atoms with Gasteiger partial charge < -0.3 is 48.5 Å². The van der Waals surface area contributed by atoms with E-state index >= 15 is 0 Å². The molecule has 17 nitrogen and oxygen atoms in total. The number of Topliss-reactive ketones (excluding diaryl/α,β-unsaturated/α-hetero) is 3. The molecule has 5 rings (SSSR count). The Labute approximate surface area is 426 Å². The highest BCUT2D eigenvalue weighted by molar-refractivity contribution is 6.39. The molecule has 3 N–H and O–H groups in total. The Kier molecular flexibility index (Phi) is 22.7. The van der Waals surface area contributed by atoms with Crippen molar-refractivity contribution in [2.24, 2.45) is 35.5 Å². The van der Waals surface area contributed by atoms with Gasteiger partial charge >= 0.3 is 5.97 Å². The van der Waals surface area contributed by atoms with Crippen molar-refractivity contribution < 1.29 is 63.0 Å². The molecule has 0 radical (unpaired) electrons. The smallest absolute Gasteiger partial charge is 0.329 e. The second-order valence-corrected chi connectivity index (χ2v) is 21.3. The number of nitrogens with zero attached hydrogens (tertiary/aromatic N) is 4. The first-order valence-corrected chi connectivity index (χ1v) is 26.4. The van der Waals surface area contributed by atoms with Crippen molar-refractivity contribution >= 4 is 29.2 Å². The van der Waals surface area contributed by atoms with Gasteiger partial charge in [0, 0.05) is 64.5 Å². The van der Waals surface area contributed by atoms with Crippen LogP contribution in [-0.4, -0.2) is 146 Å². The molecule has 1 amide bonds. The fourth-order valence-electron chi connectivity index (χ4n) is 10.8. The summed E-state index contributed by atoms with van der Waals surface area (Å²) in [4.78, 5) is 72.6. The number of aryl methyl sites for hydroxylation is 1. The van der Waals surface area contributed by atoms with Crippen LogP contribution in [0, 0.1) is 35.5 Å². The molecular weight excluding hydrogens is 925 g/mol. The minimum absolute atomic E-state index is 0.00379. The number of piperidine rings is 1. The standard InChI is InChI=1S/C55H84N4O13/c1-34-16-11-10-12-17-35(2)46(70-25-15-23-58-32-56-57-33-58)30-42-21-19-40(7)55(67,72-42)52(64)53(65)59-24-14-13-18-43(59)54(66)71-47(37(4)28-41-20-22-44(60)48(29-41)68-8)31-45(61)36(3)27-39(6)50(63)51(69-9)49(62)38(5)26-34/h10-12,16-17,27,32-34,36-38,40-44,46-48,50-51,60,63,67H,13-15,18-26,28-31H2,1-9H3/b12-10+,16-11+,35-17+,39-27+/t34-,36-,37-,38-,40-,41+,42+,43+,44-,46+,47+,48-,50-,51+,55-/m1/s1. The van der Waals surface area contributed by atoms with Gasteiger partial charge in [-0.15, -0.1) is 10.2 Å². The van der Waals surface area contributed by atoms with E-state index in [1.165, 1.54) is 12.0 Å². The van der Waals surface area contributed by atoms with E-state index in [9.17, 15) is 39.3 Å². The molecule has 4 aliphatic rings. The summed E-state index contributed by atoms with van der Waals surface area (Å²) >= 11 is 0. The van der Waals surface area contributed by atoms with Gasteiger partial charge in [-0.05, 0) is 113 Å². The lowest BCUT2D eigenvalue weighted by molar-refractivity contribution is -0.266. The van der Waals surface area contributed by atoms with Crippen molar-refractivity contribution in [1.29, 1.82) is 0 Å². The fourth-order valence-corrected chi connectivity index (χ4v) is 10.8. The van der Waals surface area contributed by atoms with Gasteiger partial charge in [0.1, 0.15) is 42.8 Å². The maximum atomic E-state index is 14.5. The van der Waals surface area contributed by atoms with E-state index in [0.717, 1.165) is 5.57 Å². The monoisotopic (exact) mass is 1010 g/mol. The van der Waals surface area contributed by atoms with E-state index in [1.807, 2.05) is 62.6 Å². The summed E-state index contributed by atoms with van der Waals surface area (Å²) in [5.74, 6) is -8.15. The first-order chi connectivity index (χ1) is 34.3. The van der Waals surface area contributed by atoms with Gasteiger partial charge in [0.15, 0.2) is 5.78 Å². The normalized spacial score (nSPS) is 37.6. The van der Waals surface area contributed by atoms with Crippen LogP contribution < -0.4 is 0 Å². The lowest BCUT2D eigenvalue weighted by atomic mass is 9.78. The number of ketones is 3. The summed E-state index contributed by atoms with van der Waals surface area (Å²) < 4.78 is 32.1. The summed E-state index contributed by atoms with van der Waals surface area (Å²) in [5.41, 5.74) is 1.25. The highest BCUT2D eigenvalue weighted by Crippen LogP contribution is 2.38. The molecule has 1 aromatic heterocycles. The Morgan fingerprint density at radius 3 is 2.32 bits per heavy atom. The number of amides is 1. The third kappa shape index (κ3) is 15.9. The number of ether oxygens (including phenoxy) is 5. The maximum Gasteiger partial charge on any atom is 0.329 e. The zero-order valence-electron chi connectivity index (χ0n) is 44.2. The van der Waals surface area contributed by atoms with Crippen LogP contribution in [0.1, 0.15) is 132 Å². The van der Waals surface area contributed by atoms with Crippen LogP contribution >= 0.6 is 0 Å². The van der Waals surface area contributed by atoms with E-state index in [2.05, 4.69) is 10.2 Å². The molecule has 0 spiro atoms. The second-order valence-electron chi connectivity index (χ2n) is 21.3. The number of carbonyl (C=O) groups excluding carboxylic acids is 5. The summed E-state index contributed by atoms with van der Waals surface area (Å²) in [6.45, 7) is 13.8. The zero-order chi connectivity index (χ0) is 52.7.